The number of fused-ring (bicyclic) bond motifs is 1. The maximum Gasteiger partial charge on any atom is 0.274 e. The lowest BCUT2D eigenvalue weighted by Gasteiger charge is -2.09. The smallest absolute Gasteiger partial charge is 0.274 e. The standard InChI is InChI=1S/C17H11F2N3O2/c18-12-8-13(19)14(7-11(12)16(20)23)22-17(24)15-10-4-2-1-3-9(10)5-6-21-15/h1-8H,(H2,20,23)(H,22,24). The van der Waals surface area contributed by atoms with Gasteiger partial charge >= 0.3 is 0 Å². The molecule has 2 amide bonds. The second kappa shape index (κ2) is 6.04. The van der Waals surface area contributed by atoms with Gasteiger partial charge in [0, 0.05) is 17.6 Å². The second-order valence-electron chi connectivity index (χ2n) is 5.01. The van der Waals surface area contributed by atoms with Gasteiger partial charge in [0.05, 0.1) is 11.3 Å². The van der Waals surface area contributed by atoms with Crippen LogP contribution in [0.1, 0.15) is 20.8 Å². The summed E-state index contributed by atoms with van der Waals surface area (Å²) in [7, 11) is 0. The highest BCUT2D eigenvalue weighted by Crippen LogP contribution is 2.22. The number of carbonyl (C=O) groups excluding carboxylic acids is 2. The molecule has 24 heavy (non-hydrogen) atoms. The minimum atomic E-state index is -1.10. The topological polar surface area (TPSA) is 85.1 Å². The van der Waals surface area contributed by atoms with E-state index in [1.165, 1.54) is 6.20 Å². The molecule has 0 fully saturated rings. The first-order valence-electron chi connectivity index (χ1n) is 6.91. The molecule has 1 aromatic heterocycles. The number of anilines is 1. The summed E-state index contributed by atoms with van der Waals surface area (Å²) in [6, 6.07) is 10.1. The summed E-state index contributed by atoms with van der Waals surface area (Å²) in [5.41, 5.74) is 4.23. The quantitative estimate of drug-likeness (QED) is 0.776. The molecule has 5 nitrogen and oxygen atoms in total. The summed E-state index contributed by atoms with van der Waals surface area (Å²) in [5.74, 6) is -3.87. The lowest BCUT2D eigenvalue weighted by Crippen LogP contribution is -2.18. The van der Waals surface area contributed by atoms with Crippen LogP contribution in [0.5, 0.6) is 0 Å². The Morgan fingerprint density at radius 3 is 2.54 bits per heavy atom. The summed E-state index contributed by atoms with van der Waals surface area (Å²) in [6.45, 7) is 0. The van der Waals surface area contributed by atoms with E-state index in [1.54, 1.807) is 24.3 Å². The number of amides is 2. The maximum atomic E-state index is 13.9. The normalized spacial score (nSPS) is 10.6. The van der Waals surface area contributed by atoms with E-state index in [-0.39, 0.29) is 11.4 Å². The van der Waals surface area contributed by atoms with E-state index in [0.717, 1.165) is 11.5 Å². The van der Waals surface area contributed by atoms with Gasteiger partial charge in [-0.2, -0.15) is 0 Å². The Balaban J connectivity index is 2.01. The van der Waals surface area contributed by atoms with Gasteiger partial charge in [0.25, 0.3) is 11.8 Å². The average Bonchev–Trinajstić information content (AvgIpc) is 2.56. The van der Waals surface area contributed by atoms with Crippen molar-refractivity contribution in [2.45, 2.75) is 0 Å². The number of primary amides is 1. The molecule has 120 valence electrons. The molecule has 0 aliphatic rings. The lowest BCUT2D eigenvalue weighted by molar-refractivity contribution is 0.0992. The third kappa shape index (κ3) is 2.79. The van der Waals surface area contributed by atoms with Crippen LogP contribution in [0.15, 0.2) is 48.7 Å². The molecule has 0 aliphatic carbocycles. The zero-order chi connectivity index (χ0) is 17.3. The molecule has 3 N–H and O–H groups in total. The van der Waals surface area contributed by atoms with Gasteiger partial charge in [-0.05, 0) is 17.5 Å². The number of hydrogen-bond acceptors (Lipinski definition) is 3. The number of rotatable bonds is 3. The van der Waals surface area contributed by atoms with Gasteiger partial charge in [0.1, 0.15) is 17.3 Å². The fourth-order valence-corrected chi connectivity index (χ4v) is 2.32. The van der Waals surface area contributed by atoms with Crippen molar-refractivity contribution in [3.8, 4) is 0 Å². The highest BCUT2D eigenvalue weighted by atomic mass is 19.1. The van der Waals surface area contributed by atoms with Crippen LogP contribution in [0.4, 0.5) is 14.5 Å². The lowest BCUT2D eigenvalue weighted by atomic mass is 10.1. The Morgan fingerprint density at radius 2 is 1.79 bits per heavy atom. The Bertz CT molecular complexity index is 968. The van der Waals surface area contributed by atoms with Gasteiger partial charge in [0.2, 0.25) is 0 Å². The molecule has 2 aromatic carbocycles. The fraction of sp³-hybridized carbons (Fsp3) is 0. The van der Waals surface area contributed by atoms with E-state index in [1.807, 2.05) is 6.07 Å². The summed E-state index contributed by atoms with van der Waals surface area (Å²) < 4.78 is 27.3. The molecular weight excluding hydrogens is 316 g/mol. The second-order valence-corrected chi connectivity index (χ2v) is 5.01. The molecule has 0 spiro atoms. The number of halogens is 2. The molecule has 0 unspecified atom stereocenters. The molecule has 0 bridgehead atoms. The average molecular weight is 327 g/mol. The van der Waals surface area contributed by atoms with E-state index in [4.69, 9.17) is 5.73 Å². The summed E-state index contributed by atoms with van der Waals surface area (Å²) in [6.07, 6.45) is 1.45. The zero-order valence-electron chi connectivity index (χ0n) is 12.2. The van der Waals surface area contributed by atoms with Crippen molar-refractivity contribution in [3.05, 3.63) is 71.6 Å². The number of pyridine rings is 1. The first-order valence-corrected chi connectivity index (χ1v) is 6.91. The van der Waals surface area contributed by atoms with Gasteiger partial charge in [-0.3, -0.25) is 14.6 Å². The van der Waals surface area contributed by atoms with Crippen molar-refractivity contribution in [1.82, 2.24) is 4.98 Å². The van der Waals surface area contributed by atoms with Gasteiger partial charge in [-0.1, -0.05) is 24.3 Å². The summed E-state index contributed by atoms with van der Waals surface area (Å²) in [4.78, 5) is 27.6. The first-order chi connectivity index (χ1) is 11.5. The zero-order valence-corrected chi connectivity index (χ0v) is 12.2. The molecule has 3 rings (SSSR count). The number of hydrogen-bond donors (Lipinski definition) is 2. The number of nitrogens with one attached hydrogen (secondary N) is 1. The molecule has 0 aliphatic heterocycles. The number of nitrogens with zero attached hydrogens (tertiary/aromatic N) is 1. The number of nitrogens with two attached hydrogens (primary N) is 1. The Labute approximate surface area is 135 Å². The maximum absolute atomic E-state index is 13.9. The molecule has 0 atom stereocenters. The molecule has 3 aromatic rings. The molecular formula is C17H11F2N3O2. The minimum Gasteiger partial charge on any atom is -0.366 e. The van der Waals surface area contributed by atoms with E-state index >= 15 is 0 Å². The molecule has 0 saturated carbocycles. The SMILES string of the molecule is NC(=O)c1cc(NC(=O)c2nccc3ccccc23)c(F)cc1F. The Kier molecular flexibility index (Phi) is 3.91. The van der Waals surface area contributed by atoms with Crippen LogP contribution in [0.2, 0.25) is 0 Å². The van der Waals surface area contributed by atoms with Crippen molar-refractivity contribution in [3.63, 3.8) is 0 Å². The highest BCUT2D eigenvalue weighted by Gasteiger charge is 2.18. The number of carbonyl (C=O) groups is 2. The molecule has 1 heterocycles. The summed E-state index contributed by atoms with van der Waals surface area (Å²) >= 11 is 0. The van der Waals surface area contributed by atoms with Crippen molar-refractivity contribution in [2.75, 3.05) is 5.32 Å². The highest BCUT2D eigenvalue weighted by molar-refractivity contribution is 6.11. The minimum absolute atomic E-state index is 0.0810. The van der Waals surface area contributed by atoms with Crippen LogP contribution < -0.4 is 11.1 Å². The fourth-order valence-electron chi connectivity index (χ4n) is 2.32. The van der Waals surface area contributed by atoms with Crippen LogP contribution in [0.25, 0.3) is 10.8 Å². The number of aromatic nitrogens is 1. The van der Waals surface area contributed by atoms with E-state index in [9.17, 15) is 18.4 Å². The van der Waals surface area contributed by atoms with Crippen LogP contribution >= 0.6 is 0 Å². The van der Waals surface area contributed by atoms with Gasteiger partial charge in [-0.15, -0.1) is 0 Å². The molecule has 0 saturated heterocycles. The van der Waals surface area contributed by atoms with Crippen molar-refractivity contribution in [2.24, 2.45) is 5.73 Å². The van der Waals surface area contributed by atoms with Gasteiger partial charge in [-0.25, -0.2) is 8.78 Å². The predicted octanol–water partition coefficient (Wildman–Crippen LogP) is 2.86. The largest absolute Gasteiger partial charge is 0.366 e. The molecule has 7 heteroatoms. The van der Waals surface area contributed by atoms with Crippen molar-refractivity contribution >= 4 is 28.3 Å². The van der Waals surface area contributed by atoms with Crippen molar-refractivity contribution < 1.29 is 18.4 Å². The van der Waals surface area contributed by atoms with Crippen molar-refractivity contribution in [1.29, 1.82) is 0 Å². The van der Waals surface area contributed by atoms with Crippen LogP contribution in [-0.2, 0) is 0 Å². The summed E-state index contributed by atoms with van der Waals surface area (Å²) in [5, 5.41) is 3.66. The monoisotopic (exact) mass is 327 g/mol. The van der Waals surface area contributed by atoms with Gasteiger partial charge < -0.3 is 11.1 Å². The molecule has 0 radical (unpaired) electrons. The van der Waals surface area contributed by atoms with Crippen LogP contribution in [-0.4, -0.2) is 16.8 Å². The third-order valence-corrected chi connectivity index (χ3v) is 3.46. The Hall–Kier alpha value is -3.35. The van der Waals surface area contributed by atoms with Crippen LogP contribution in [0, 0.1) is 11.6 Å². The van der Waals surface area contributed by atoms with E-state index < -0.39 is 29.0 Å². The van der Waals surface area contributed by atoms with E-state index in [2.05, 4.69) is 10.3 Å². The van der Waals surface area contributed by atoms with Gasteiger partial charge in [0.15, 0.2) is 0 Å². The predicted molar refractivity (Wildman–Crippen MR) is 84.6 cm³/mol. The number of benzene rings is 2. The first kappa shape index (κ1) is 15.5. The van der Waals surface area contributed by atoms with Crippen LogP contribution in [0.3, 0.4) is 0 Å². The van der Waals surface area contributed by atoms with E-state index in [0.29, 0.717) is 11.5 Å². The third-order valence-electron chi connectivity index (χ3n) is 3.46. The Morgan fingerprint density at radius 1 is 1.04 bits per heavy atom.